The molecule has 1 N–H and O–H groups in total. The molecule has 132 valence electrons. The molecule has 3 nitrogen and oxygen atoms in total. The van der Waals surface area contributed by atoms with Crippen molar-refractivity contribution in [3.63, 3.8) is 0 Å². The number of nitrogens with one attached hydrogen (secondary N) is 1. The Balaban J connectivity index is 2.29. The third kappa shape index (κ3) is 5.15. The van der Waals surface area contributed by atoms with E-state index in [1.165, 1.54) is 5.56 Å². The van der Waals surface area contributed by atoms with Crippen LogP contribution >= 0.6 is 0 Å². The lowest BCUT2D eigenvalue weighted by atomic mass is 10.0. The first kappa shape index (κ1) is 18.7. The lowest BCUT2D eigenvalue weighted by Gasteiger charge is -2.17. The van der Waals surface area contributed by atoms with E-state index in [0.29, 0.717) is 13.2 Å². The summed E-state index contributed by atoms with van der Waals surface area (Å²) in [6, 6.07) is 12.5. The standard InChI is InChI=1S/C22H27NO2/c1-5-10-19-14-18(16-23-20-12-9-8-11-17(20)4)15-21(24-7-3)22(19)25-13-6-2/h5-6,8-9,11-12,14-15,23H,1-2,7,10,13,16H2,3-4H3. The van der Waals surface area contributed by atoms with Crippen molar-refractivity contribution in [2.24, 2.45) is 0 Å². The van der Waals surface area contributed by atoms with Crippen LogP contribution in [0.3, 0.4) is 0 Å². The van der Waals surface area contributed by atoms with Crippen LogP contribution in [0, 0.1) is 6.92 Å². The van der Waals surface area contributed by atoms with Crippen LogP contribution in [0.4, 0.5) is 5.69 Å². The van der Waals surface area contributed by atoms with Gasteiger partial charge in [0.25, 0.3) is 0 Å². The highest BCUT2D eigenvalue weighted by Crippen LogP contribution is 2.34. The number of aryl methyl sites for hydroxylation is 1. The Bertz CT molecular complexity index is 722. The number of anilines is 1. The van der Waals surface area contributed by atoms with Crippen LogP contribution in [0.15, 0.2) is 61.7 Å². The molecule has 2 aromatic rings. The van der Waals surface area contributed by atoms with Gasteiger partial charge in [0.2, 0.25) is 0 Å². The van der Waals surface area contributed by atoms with Gasteiger partial charge in [0.1, 0.15) is 6.61 Å². The van der Waals surface area contributed by atoms with E-state index in [0.717, 1.165) is 41.3 Å². The molecule has 0 saturated heterocycles. The number of benzene rings is 2. The molecular weight excluding hydrogens is 310 g/mol. The number of rotatable bonds is 10. The molecule has 3 heteroatoms. The van der Waals surface area contributed by atoms with E-state index >= 15 is 0 Å². The Morgan fingerprint density at radius 2 is 1.88 bits per heavy atom. The summed E-state index contributed by atoms with van der Waals surface area (Å²) in [5.41, 5.74) is 4.58. The fraction of sp³-hybridized carbons (Fsp3) is 0.273. The summed E-state index contributed by atoms with van der Waals surface area (Å²) < 4.78 is 11.7. The van der Waals surface area contributed by atoms with Gasteiger partial charge in [-0.3, -0.25) is 0 Å². The zero-order valence-electron chi connectivity index (χ0n) is 15.2. The number of hydrogen-bond donors (Lipinski definition) is 1. The minimum Gasteiger partial charge on any atom is -0.490 e. The fourth-order valence-electron chi connectivity index (χ4n) is 2.67. The van der Waals surface area contributed by atoms with E-state index in [9.17, 15) is 0 Å². The molecule has 0 radical (unpaired) electrons. The summed E-state index contributed by atoms with van der Waals surface area (Å²) in [4.78, 5) is 0. The molecule has 0 heterocycles. The number of para-hydroxylation sites is 1. The zero-order chi connectivity index (χ0) is 18.1. The minimum atomic E-state index is 0.449. The van der Waals surface area contributed by atoms with Gasteiger partial charge in [-0.2, -0.15) is 0 Å². The first-order valence-corrected chi connectivity index (χ1v) is 8.62. The van der Waals surface area contributed by atoms with Crippen LogP contribution in [-0.4, -0.2) is 13.2 Å². The van der Waals surface area contributed by atoms with Crippen LogP contribution in [0.2, 0.25) is 0 Å². The van der Waals surface area contributed by atoms with Gasteiger partial charge in [-0.25, -0.2) is 0 Å². The lowest BCUT2D eigenvalue weighted by molar-refractivity contribution is 0.294. The summed E-state index contributed by atoms with van der Waals surface area (Å²) in [6.07, 6.45) is 4.34. The predicted octanol–water partition coefficient (Wildman–Crippen LogP) is 5.30. The van der Waals surface area contributed by atoms with Gasteiger partial charge in [-0.1, -0.05) is 36.9 Å². The van der Waals surface area contributed by atoms with Crippen LogP contribution in [0.5, 0.6) is 11.5 Å². The molecule has 0 fully saturated rings. The second-order valence-electron chi connectivity index (χ2n) is 5.78. The van der Waals surface area contributed by atoms with Gasteiger partial charge in [-0.05, 0) is 49.6 Å². The number of ether oxygens (including phenoxy) is 2. The average Bonchev–Trinajstić information content (AvgIpc) is 2.61. The van der Waals surface area contributed by atoms with E-state index in [4.69, 9.17) is 9.47 Å². The van der Waals surface area contributed by atoms with E-state index in [1.807, 2.05) is 31.2 Å². The van der Waals surface area contributed by atoms with Gasteiger partial charge in [0, 0.05) is 17.8 Å². The molecule has 0 amide bonds. The van der Waals surface area contributed by atoms with Crippen molar-refractivity contribution in [1.82, 2.24) is 0 Å². The van der Waals surface area contributed by atoms with Crippen LogP contribution in [0.1, 0.15) is 23.6 Å². The summed E-state index contributed by atoms with van der Waals surface area (Å²) in [7, 11) is 0. The molecule has 0 aliphatic heterocycles. The lowest BCUT2D eigenvalue weighted by Crippen LogP contribution is -2.06. The summed E-state index contributed by atoms with van der Waals surface area (Å²) in [6.45, 7) is 13.4. The molecular formula is C22H27NO2. The fourth-order valence-corrected chi connectivity index (χ4v) is 2.67. The summed E-state index contributed by atoms with van der Waals surface area (Å²) in [5, 5.41) is 3.49. The van der Waals surface area contributed by atoms with Crippen molar-refractivity contribution >= 4 is 5.69 Å². The molecule has 0 aliphatic carbocycles. The topological polar surface area (TPSA) is 30.5 Å². The van der Waals surface area contributed by atoms with E-state index < -0.39 is 0 Å². The SMILES string of the molecule is C=CCOc1c(CC=C)cc(CNc2ccccc2C)cc1OCC. The van der Waals surface area contributed by atoms with Gasteiger partial charge in [0.15, 0.2) is 11.5 Å². The normalized spacial score (nSPS) is 10.2. The zero-order valence-corrected chi connectivity index (χ0v) is 15.2. The van der Waals surface area contributed by atoms with Crippen molar-refractivity contribution < 1.29 is 9.47 Å². The minimum absolute atomic E-state index is 0.449. The number of allylic oxidation sites excluding steroid dienone is 1. The van der Waals surface area contributed by atoms with Gasteiger partial charge in [-0.15, -0.1) is 6.58 Å². The summed E-state index contributed by atoms with van der Waals surface area (Å²) in [5.74, 6) is 1.55. The maximum atomic E-state index is 5.85. The second kappa shape index (κ2) is 9.58. The molecule has 0 saturated carbocycles. The molecule has 2 aromatic carbocycles. The molecule has 25 heavy (non-hydrogen) atoms. The molecule has 0 unspecified atom stereocenters. The molecule has 0 atom stereocenters. The first-order chi connectivity index (χ1) is 12.2. The third-order valence-corrected chi connectivity index (χ3v) is 3.83. The van der Waals surface area contributed by atoms with E-state index in [2.05, 4.69) is 43.6 Å². The van der Waals surface area contributed by atoms with Crippen LogP contribution < -0.4 is 14.8 Å². The Kier molecular flexibility index (Phi) is 7.15. The molecule has 0 aromatic heterocycles. The van der Waals surface area contributed by atoms with Crippen molar-refractivity contribution in [3.05, 3.63) is 78.4 Å². The number of hydrogen-bond acceptors (Lipinski definition) is 3. The maximum Gasteiger partial charge on any atom is 0.165 e. The monoisotopic (exact) mass is 337 g/mol. The van der Waals surface area contributed by atoms with Gasteiger partial charge >= 0.3 is 0 Å². The predicted molar refractivity (Wildman–Crippen MR) is 106 cm³/mol. The van der Waals surface area contributed by atoms with Crippen molar-refractivity contribution in [2.45, 2.75) is 26.8 Å². The highest BCUT2D eigenvalue weighted by Gasteiger charge is 2.13. The third-order valence-electron chi connectivity index (χ3n) is 3.83. The van der Waals surface area contributed by atoms with E-state index in [1.54, 1.807) is 6.08 Å². The summed E-state index contributed by atoms with van der Waals surface area (Å²) >= 11 is 0. The Hall–Kier alpha value is -2.68. The molecule has 0 aliphatic rings. The molecule has 0 bridgehead atoms. The Labute approximate surface area is 151 Å². The Morgan fingerprint density at radius 3 is 2.56 bits per heavy atom. The van der Waals surface area contributed by atoms with Crippen molar-refractivity contribution in [2.75, 3.05) is 18.5 Å². The van der Waals surface area contributed by atoms with E-state index in [-0.39, 0.29) is 0 Å². The highest BCUT2D eigenvalue weighted by atomic mass is 16.5. The smallest absolute Gasteiger partial charge is 0.165 e. The molecule has 2 rings (SSSR count). The van der Waals surface area contributed by atoms with Crippen molar-refractivity contribution in [1.29, 1.82) is 0 Å². The highest BCUT2D eigenvalue weighted by molar-refractivity contribution is 5.53. The largest absolute Gasteiger partial charge is 0.490 e. The van der Waals surface area contributed by atoms with Gasteiger partial charge in [0.05, 0.1) is 6.61 Å². The van der Waals surface area contributed by atoms with Crippen LogP contribution in [0.25, 0.3) is 0 Å². The molecule has 0 spiro atoms. The average molecular weight is 337 g/mol. The maximum absolute atomic E-state index is 5.85. The second-order valence-corrected chi connectivity index (χ2v) is 5.78. The quantitative estimate of drug-likeness (QED) is 0.597. The van der Waals surface area contributed by atoms with Crippen molar-refractivity contribution in [3.8, 4) is 11.5 Å². The van der Waals surface area contributed by atoms with Gasteiger partial charge < -0.3 is 14.8 Å². The first-order valence-electron chi connectivity index (χ1n) is 8.62. The Morgan fingerprint density at radius 1 is 1.08 bits per heavy atom. The van der Waals surface area contributed by atoms with Crippen LogP contribution in [-0.2, 0) is 13.0 Å².